The molecule has 1 atom stereocenters. The molecule has 8 heteroatoms. The highest BCUT2D eigenvalue weighted by Crippen LogP contribution is 2.05. The van der Waals surface area contributed by atoms with Crippen LogP contribution in [0.3, 0.4) is 0 Å². The second-order valence-corrected chi connectivity index (χ2v) is 6.42. The third kappa shape index (κ3) is 3.42. The van der Waals surface area contributed by atoms with Crippen molar-refractivity contribution in [2.24, 2.45) is 0 Å². The molecule has 23 heavy (non-hydrogen) atoms. The molecule has 0 saturated carbocycles. The molecule has 2 aromatic heterocycles. The Hall–Kier alpha value is -2.61. The van der Waals surface area contributed by atoms with Gasteiger partial charge in [-0.15, -0.1) is 5.10 Å². The van der Waals surface area contributed by atoms with Gasteiger partial charge in [-0.3, -0.25) is 9.00 Å². The fourth-order valence-electron chi connectivity index (χ4n) is 2.03. The predicted molar refractivity (Wildman–Crippen MR) is 85.6 cm³/mol. The van der Waals surface area contributed by atoms with Gasteiger partial charge < -0.3 is 5.32 Å². The lowest BCUT2D eigenvalue weighted by Crippen LogP contribution is -2.28. The maximum atomic E-state index is 12.1. The Labute approximate surface area is 135 Å². The second kappa shape index (κ2) is 6.66. The molecule has 0 spiro atoms. The van der Waals surface area contributed by atoms with Gasteiger partial charge in [-0.25, -0.2) is 9.50 Å². The Morgan fingerprint density at radius 2 is 2.04 bits per heavy atom. The van der Waals surface area contributed by atoms with Crippen LogP contribution in [0.25, 0.3) is 5.78 Å². The lowest BCUT2D eigenvalue weighted by molar-refractivity contribution is 0.0946. The topological polar surface area (TPSA) is 89.2 Å². The molecule has 1 amide bonds. The molecule has 7 nitrogen and oxygen atoms in total. The zero-order chi connectivity index (χ0) is 16.2. The number of nitrogens with one attached hydrogen (secondary N) is 1. The van der Waals surface area contributed by atoms with Crippen LogP contribution in [-0.2, 0) is 10.8 Å². The van der Waals surface area contributed by atoms with Crippen LogP contribution in [0, 0.1) is 6.92 Å². The Morgan fingerprint density at radius 1 is 1.26 bits per heavy atom. The highest BCUT2D eigenvalue weighted by atomic mass is 32.2. The minimum Gasteiger partial charge on any atom is -0.348 e. The van der Waals surface area contributed by atoms with Crippen molar-refractivity contribution in [1.82, 2.24) is 24.9 Å². The van der Waals surface area contributed by atoms with Gasteiger partial charge in [0.05, 0.1) is 10.8 Å². The third-order valence-electron chi connectivity index (χ3n) is 3.21. The number of carbonyl (C=O) groups is 1. The summed E-state index contributed by atoms with van der Waals surface area (Å²) in [4.78, 5) is 20.9. The molecule has 0 saturated heterocycles. The lowest BCUT2D eigenvalue weighted by Gasteiger charge is -2.03. The number of aromatic nitrogens is 4. The molecule has 0 radical (unpaired) electrons. The van der Waals surface area contributed by atoms with Crippen molar-refractivity contribution < 1.29 is 9.00 Å². The first-order chi connectivity index (χ1) is 11.1. The zero-order valence-corrected chi connectivity index (χ0v) is 13.3. The maximum absolute atomic E-state index is 12.1. The van der Waals surface area contributed by atoms with Gasteiger partial charge in [0, 0.05) is 29.1 Å². The number of carbonyl (C=O) groups excluding carboxylic acids is 1. The summed E-state index contributed by atoms with van der Waals surface area (Å²) in [6.45, 7) is 2.14. The quantitative estimate of drug-likeness (QED) is 0.753. The fourth-order valence-corrected chi connectivity index (χ4v) is 3.01. The van der Waals surface area contributed by atoms with E-state index in [-0.39, 0.29) is 12.4 Å². The molecule has 0 fully saturated rings. The van der Waals surface area contributed by atoms with Gasteiger partial charge in [0.15, 0.2) is 0 Å². The second-order valence-electron chi connectivity index (χ2n) is 4.85. The van der Waals surface area contributed by atoms with Gasteiger partial charge in [0.25, 0.3) is 11.7 Å². The molecule has 0 aliphatic carbocycles. The van der Waals surface area contributed by atoms with E-state index in [0.717, 1.165) is 10.6 Å². The van der Waals surface area contributed by atoms with E-state index in [1.807, 2.05) is 25.1 Å². The maximum Gasteiger partial charge on any atom is 0.291 e. The third-order valence-corrected chi connectivity index (χ3v) is 4.58. The van der Waals surface area contributed by atoms with E-state index in [1.54, 1.807) is 24.4 Å². The summed E-state index contributed by atoms with van der Waals surface area (Å²) < 4.78 is 13.6. The molecule has 0 bridgehead atoms. The molecule has 1 N–H and O–H groups in total. The van der Waals surface area contributed by atoms with Gasteiger partial charge in [-0.1, -0.05) is 18.2 Å². The number of aryl methyl sites for hydroxylation is 1. The summed E-state index contributed by atoms with van der Waals surface area (Å²) in [6.07, 6.45) is 1.62. The molecular formula is C15H15N5O2S. The minimum absolute atomic E-state index is 0.0530. The number of benzene rings is 1. The predicted octanol–water partition coefficient (Wildman–Crippen LogP) is 0.970. The van der Waals surface area contributed by atoms with Gasteiger partial charge in [-0.2, -0.15) is 4.98 Å². The monoisotopic (exact) mass is 329 g/mol. The summed E-state index contributed by atoms with van der Waals surface area (Å²) in [5, 5.41) is 6.81. The van der Waals surface area contributed by atoms with Crippen LogP contribution in [0.1, 0.15) is 16.3 Å². The van der Waals surface area contributed by atoms with Crippen LogP contribution in [0.15, 0.2) is 47.5 Å². The van der Waals surface area contributed by atoms with E-state index in [0.29, 0.717) is 11.5 Å². The van der Waals surface area contributed by atoms with Gasteiger partial charge in [0.1, 0.15) is 0 Å². The van der Waals surface area contributed by atoms with Crippen LogP contribution < -0.4 is 5.32 Å². The van der Waals surface area contributed by atoms with Crippen molar-refractivity contribution in [3.8, 4) is 0 Å². The first kappa shape index (κ1) is 15.3. The average molecular weight is 329 g/mol. The van der Waals surface area contributed by atoms with E-state index in [1.165, 1.54) is 4.52 Å². The zero-order valence-electron chi connectivity index (χ0n) is 12.5. The van der Waals surface area contributed by atoms with Crippen molar-refractivity contribution in [3.63, 3.8) is 0 Å². The molecule has 0 aliphatic heterocycles. The summed E-state index contributed by atoms with van der Waals surface area (Å²) in [5.41, 5.74) is 0.840. The van der Waals surface area contributed by atoms with Gasteiger partial charge in [0.2, 0.25) is 5.82 Å². The van der Waals surface area contributed by atoms with Crippen molar-refractivity contribution in [2.75, 3.05) is 12.3 Å². The highest BCUT2D eigenvalue weighted by Gasteiger charge is 2.14. The summed E-state index contributed by atoms with van der Waals surface area (Å²) in [6, 6.07) is 10.9. The summed E-state index contributed by atoms with van der Waals surface area (Å²) >= 11 is 0. The van der Waals surface area contributed by atoms with Crippen molar-refractivity contribution >= 4 is 22.5 Å². The normalized spacial score (nSPS) is 12.2. The first-order valence-electron chi connectivity index (χ1n) is 7.05. The van der Waals surface area contributed by atoms with Crippen molar-refractivity contribution in [1.29, 1.82) is 0 Å². The number of hydrogen-bond acceptors (Lipinski definition) is 5. The summed E-state index contributed by atoms with van der Waals surface area (Å²) in [5.74, 6) is 0.362. The number of fused-ring (bicyclic) bond motifs is 1. The van der Waals surface area contributed by atoms with E-state index in [2.05, 4.69) is 20.4 Å². The smallest absolute Gasteiger partial charge is 0.291 e. The molecule has 3 aromatic rings. The number of nitrogens with zero attached hydrogens (tertiary/aromatic N) is 4. The van der Waals surface area contributed by atoms with Crippen molar-refractivity contribution in [2.45, 2.75) is 11.8 Å². The first-order valence-corrected chi connectivity index (χ1v) is 8.37. The number of amides is 1. The standard InChI is InChI=1S/C15H15N5O2S/c1-11-7-8-17-15-18-13(19-20(11)15)14(21)16-9-10-23(22)12-5-3-2-4-6-12/h2-8H,9-10H2,1H3,(H,16,21)/t23-/m1/s1. The Bertz CT molecular complexity index is 863. The van der Waals surface area contributed by atoms with Crippen LogP contribution in [0.5, 0.6) is 0 Å². The largest absolute Gasteiger partial charge is 0.348 e. The molecule has 3 rings (SSSR count). The average Bonchev–Trinajstić information content (AvgIpc) is 3.01. The molecular weight excluding hydrogens is 314 g/mol. The summed E-state index contributed by atoms with van der Waals surface area (Å²) in [7, 11) is -1.15. The van der Waals surface area contributed by atoms with E-state index in [9.17, 15) is 9.00 Å². The fraction of sp³-hybridized carbons (Fsp3) is 0.200. The molecule has 0 aliphatic rings. The molecule has 0 unspecified atom stereocenters. The Balaban J connectivity index is 1.61. The number of hydrogen-bond donors (Lipinski definition) is 1. The van der Waals surface area contributed by atoms with Crippen LogP contribution in [0.4, 0.5) is 0 Å². The van der Waals surface area contributed by atoms with E-state index in [4.69, 9.17) is 0 Å². The lowest BCUT2D eigenvalue weighted by atomic mass is 10.4. The van der Waals surface area contributed by atoms with E-state index >= 15 is 0 Å². The van der Waals surface area contributed by atoms with Gasteiger partial charge >= 0.3 is 0 Å². The van der Waals surface area contributed by atoms with Crippen molar-refractivity contribution in [3.05, 3.63) is 54.1 Å². The van der Waals surface area contributed by atoms with Crippen LogP contribution in [-0.4, -0.2) is 42.0 Å². The Morgan fingerprint density at radius 3 is 2.78 bits per heavy atom. The van der Waals surface area contributed by atoms with Gasteiger partial charge in [-0.05, 0) is 25.1 Å². The Kier molecular flexibility index (Phi) is 4.42. The minimum atomic E-state index is -1.15. The molecule has 1 aromatic carbocycles. The van der Waals surface area contributed by atoms with Crippen LogP contribution >= 0.6 is 0 Å². The van der Waals surface area contributed by atoms with E-state index < -0.39 is 16.7 Å². The number of rotatable bonds is 5. The SMILES string of the molecule is Cc1ccnc2nc(C(=O)NCC[S@@](=O)c3ccccc3)nn12. The highest BCUT2D eigenvalue weighted by molar-refractivity contribution is 7.85. The molecule has 118 valence electrons. The van der Waals surface area contributed by atoms with Crippen LogP contribution in [0.2, 0.25) is 0 Å². The molecule has 2 heterocycles.